The van der Waals surface area contributed by atoms with Gasteiger partial charge in [-0.1, -0.05) is 0 Å². The Kier molecular flexibility index (Phi) is 7.03. The van der Waals surface area contributed by atoms with Gasteiger partial charge in [-0.3, -0.25) is 4.79 Å². The fraction of sp³-hybridized carbons (Fsp3) is 0.455. The lowest BCUT2D eigenvalue weighted by atomic mass is 9.96. The van der Waals surface area contributed by atoms with Crippen LogP contribution < -0.4 is 19.7 Å². The molecule has 1 N–H and O–H groups in total. The Morgan fingerprint density at radius 1 is 1.06 bits per heavy atom. The highest BCUT2D eigenvalue weighted by molar-refractivity contribution is 5.79. The molecule has 0 saturated carbocycles. The van der Waals surface area contributed by atoms with E-state index in [2.05, 4.69) is 20.6 Å². The molecule has 0 radical (unpaired) electrons. The molecule has 1 aromatic carbocycles. The number of benzene rings is 1. The molecule has 34 heavy (non-hydrogen) atoms. The number of nitrogens with zero attached hydrogens (tertiary/aromatic N) is 5. The van der Waals surface area contributed by atoms with Gasteiger partial charge in [0.15, 0.2) is 5.65 Å². The van der Waals surface area contributed by atoms with Gasteiger partial charge in [0.05, 0.1) is 13.2 Å². The number of fused-ring (bicyclic) bond motifs is 1. The second-order valence-corrected chi connectivity index (χ2v) is 7.79. The maximum atomic E-state index is 13.1. The molecule has 3 heterocycles. The molecular weight excluding hydrogens is 453 g/mol. The first-order chi connectivity index (χ1) is 16.3. The summed E-state index contributed by atoms with van der Waals surface area (Å²) in [4.78, 5) is 14.4. The van der Waals surface area contributed by atoms with Crippen LogP contribution in [0.25, 0.3) is 5.65 Å². The van der Waals surface area contributed by atoms with Gasteiger partial charge in [0.25, 0.3) is 5.82 Å². The normalized spacial score (nSPS) is 14.9. The number of alkyl halides is 3. The predicted octanol–water partition coefficient (Wildman–Crippen LogP) is 2.95. The van der Waals surface area contributed by atoms with E-state index in [1.807, 2.05) is 36.1 Å². The van der Waals surface area contributed by atoms with Gasteiger partial charge in [0.2, 0.25) is 5.91 Å². The van der Waals surface area contributed by atoms with Crippen molar-refractivity contribution >= 4 is 17.4 Å². The second kappa shape index (κ2) is 10.1. The molecule has 3 aromatic rings. The number of carbonyl (C=O) groups is 1. The molecule has 0 spiro atoms. The van der Waals surface area contributed by atoms with Crippen molar-refractivity contribution in [1.29, 1.82) is 0 Å². The number of hydrogen-bond acceptors (Lipinski definition) is 7. The van der Waals surface area contributed by atoms with Gasteiger partial charge in [0, 0.05) is 19.0 Å². The molecule has 0 aliphatic carbocycles. The number of anilines is 1. The first-order valence-corrected chi connectivity index (χ1v) is 11.0. The number of halogens is 3. The Morgan fingerprint density at radius 2 is 1.74 bits per heavy atom. The van der Waals surface area contributed by atoms with Gasteiger partial charge in [0.1, 0.15) is 23.9 Å². The van der Waals surface area contributed by atoms with Crippen LogP contribution >= 0.6 is 0 Å². The van der Waals surface area contributed by atoms with E-state index in [0.717, 1.165) is 5.75 Å². The lowest BCUT2D eigenvalue weighted by molar-refractivity contribution is -0.146. The van der Waals surface area contributed by atoms with E-state index in [1.165, 1.54) is 6.07 Å². The molecule has 1 aliphatic heterocycles. The van der Waals surface area contributed by atoms with Crippen LogP contribution in [0.2, 0.25) is 0 Å². The average Bonchev–Trinajstić information content (AvgIpc) is 3.27. The van der Waals surface area contributed by atoms with Crippen LogP contribution in [0.4, 0.5) is 19.0 Å². The summed E-state index contributed by atoms with van der Waals surface area (Å²) >= 11 is 0. The van der Waals surface area contributed by atoms with Gasteiger partial charge >= 0.3 is 6.18 Å². The zero-order valence-electron chi connectivity index (χ0n) is 18.6. The number of hydrogen-bond donors (Lipinski definition) is 1. The van der Waals surface area contributed by atoms with Crippen molar-refractivity contribution in [3.8, 4) is 11.5 Å². The highest BCUT2D eigenvalue weighted by Crippen LogP contribution is 2.28. The van der Waals surface area contributed by atoms with Crippen LogP contribution in [0, 0.1) is 5.92 Å². The summed E-state index contributed by atoms with van der Waals surface area (Å²) in [7, 11) is 0. The van der Waals surface area contributed by atoms with Crippen LogP contribution in [0.1, 0.15) is 25.6 Å². The maximum Gasteiger partial charge on any atom is 0.453 e. The third kappa shape index (κ3) is 5.49. The van der Waals surface area contributed by atoms with Gasteiger partial charge in [-0.15, -0.1) is 15.3 Å². The van der Waals surface area contributed by atoms with Gasteiger partial charge in [-0.05, 0) is 56.2 Å². The number of ether oxygens (including phenoxy) is 2. The molecule has 4 rings (SSSR count). The summed E-state index contributed by atoms with van der Waals surface area (Å²) in [6, 6.07) is 10.3. The first-order valence-electron chi connectivity index (χ1n) is 11.0. The number of nitrogens with one attached hydrogen (secondary N) is 1. The number of aromatic nitrogens is 4. The predicted molar refractivity (Wildman–Crippen MR) is 117 cm³/mol. The highest BCUT2D eigenvalue weighted by atomic mass is 19.4. The third-order valence-electron chi connectivity index (χ3n) is 5.50. The molecule has 9 nitrogen and oxygen atoms in total. The molecule has 0 unspecified atom stereocenters. The van der Waals surface area contributed by atoms with Crippen molar-refractivity contribution < 1.29 is 27.4 Å². The van der Waals surface area contributed by atoms with Crippen LogP contribution in [0.5, 0.6) is 11.5 Å². The van der Waals surface area contributed by atoms with E-state index in [1.54, 1.807) is 6.07 Å². The minimum Gasteiger partial charge on any atom is -0.494 e. The molecule has 1 saturated heterocycles. The molecule has 1 amide bonds. The molecule has 1 fully saturated rings. The van der Waals surface area contributed by atoms with Crippen LogP contribution in [0.15, 0.2) is 36.4 Å². The lowest BCUT2D eigenvalue weighted by Gasteiger charge is -2.32. The average molecular weight is 478 g/mol. The van der Waals surface area contributed by atoms with Crippen LogP contribution in [-0.2, 0) is 11.0 Å². The van der Waals surface area contributed by atoms with E-state index in [9.17, 15) is 18.0 Å². The van der Waals surface area contributed by atoms with Crippen LogP contribution in [0.3, 0.4) is 0 Å². The number of amides is 1. The molecule has 2 aromatic heterocycles. The highest BCUT2D eigenvalue weighted by Gasteiger charge is 2.38. The fourth-order valence-corrected chi connectivity index (χ4v) is 3.78. The molecule has 182 valence electrons. The number of rotatable bonds is 8. The quantitative estimate of drug-likeness (QED) is 0.498. The van der Waals surface area contributed by atoms with Crippen molar-refractivity contribution in [2.45, 2.75) is 25.9 Å². The molecule has 0 atom stereocenters. The largest absolute Gasteiger partial charge is 0.494 e. The summed E-state index contributed by atoms with van der Waals surface area (Å²) in [5, 5.41) is 13.7. The molecule has 1 aliphatic rings. The zero-order chi connectivity index (χ0) is 24.1. The number of carbonyl (C=O) groups excluding carboxylic acids is 1. The second-order valence-electron chi connectivity index (χ2n) is 7.79. The summed E-state index contributed by atoms with van der Waals surface area (Å²) in [6.45, 7) is 4.23. The Balaban J connectivity index is 1.24. The smallest absolute Gasteiger partial charge is 0.453 e. The fourth-order valence-electron chi connectivity index (χ4n) is 3.78. The molecular formula is C22H25F3N6O3. The van der Waals surface area contributed by atoms with Gasteiger partial charge < -0.3 is 19.7 Å². The van der Waals surface area contributed by atoms with E-state index in [0.29, 0.717) is 61.8 Å². The van der Waals surface area contributed by atoms with E-state index >= 15 is 0 Å². The molecule has 0 bridgehead atoms. The topological polar surface area (TPSA) is 93.9 Å². The van der Waals surface area contributed by atoms with Crippen molar-refractivity contribution in [3.05, 3.63) is 42.2 Å². The Bertz CT molecular complexity index is 1110. The van der Waals surface area contributed by atoms with Crippen LogP contribution in [-0.4, -0.2) is 58.6 Å². The monoisotopic (exact) mass is 478 g/mol. The standard InChI is InChI=1S/C22H25F3N6O3/c1-2-33-16-3-5-17(6-4-16)34-14-11-26-20(32)15-9-12-30(13-10-15)19-8-7-18-27-28-21(22(23,24)25)31(18)29-19/h3-8,15H,2,9-14H2,1H3,(H,26,32). The summed E-state index contributed by atoms with van der Waals surface area (Å²) in [6.07, 6.45) is -3.51. The first kappa shape index (κ1) is 23.6. The number of piperidine rings is 1. The van der Waals surface area contributed by atoms with E-state index in [-0.39, 0.29) is 17.5 Å². The Labute approximate surface area is 193 Å². The van der Waals surface area contributed by atoms with Gasteiger partial charge in [-0.25, -0.2) is 0 Å². The lowest BCUT2D eigenvalue weighted by Crippen LogP contribution is -2.41. The minimum absolute atomic E-state index is 0.0257. The minimum atomic E-state index is -4.65. The van der Waals surface area contributed by atoms with Crippen molar-refractivity contribution in [2.24, 2.45) is 5.92 Å². The third-order valence-corrected chi connectivity index (χ3v) is 5.50. The Hall–Kier alpha value is -3.57. The summed E-state index contributed by atoms with van der Waals surface area (Å²) < 4.78 is 51.0. The van der Waals surface area contributed by atoms with E-state index < -0.39 is 12.0 Å². The van der Waals surface area contributed by atoms with Crippen molar-refractivity contribution in [3.63, 3.8) is 0 Å². The summed E-state index contributed by atoms with van der Waals surface area (Å²) in [5.41, 5.74) is 0.0257. The Morgan fingerprint density at radius 3 is 2.38 bits per heavy atom. The van der Waals surface area contributed by atoms with Crippen molar-refractivity contribution in [2.75, 3.05) is 37.7 Å². The van der Waals surface area contributed by atoms with Gasteiger partial charge in [-0.2, -0.15) is 17.7 Å². The zero-order valence-corrected chi connectivity index (χ0v) is 18.6. The van der Waals surface area contributed by atoms with Crippen molar-refractivity contribution in [1.82, 2.24) is 25.1 Å². The molecule has 12 heteroatoms. The SMILES string of the molecule is CCOc1ccc(OCCNC(=O)C2CCN(c3ccc4nnc(C(F)(F)F)n4n3)CC2)cc1. The maximum absolute atomic E-state index is 13.1. The van der Waals surface area contributed by atoms with E-state index in [4.69, 9.17) is 9.47 Å². The summed E-state index contributed by atoms with van der Waals surface area (Å²) in [5.74, 6) is 0.457.